The first kappa shape index (κ1) is 19.6. The first-order valence-electron chi connectivity index (χ1n) is 7.58. The van der Waals surface area contributed by atoms with Gasteiger partial charge >= 0.3 is 11.9 Å². The molecule has 0 rings (SSSR count). The van der Waals surface area contributed by atoms with E-state index in [1.165, 1.54) is 0 Å². The molecule has 0 fully saturated rings. The average Bonchev–Trinajstić information content (AvgIpc) is 2.43. The van der Waals surface area contributed by atoms with Crippen LogP contribution in [-0.4, -0.2) is 35.0 Å². The SMILES string of the molecule is CCCCCCCC(=O)OC(C)C(N)C(=O)CCC(=O)O. The molecule has 2 unspecified atom stereocenters. The first-order valence-corrected chi connectivity index (χ1v) is 7.58. The third-order valence-corrected chi connectivity index (χ3v) is 3.26. The Morgan fingerprint density at radius 1 is 1.05 bits per heavy atom. The number of hydrogen-bond donors (Lipinski definition) is 2. The zero-order valence-electron chi connectivity index (χ0n) is 13.0. The fourth-order valence-corrected chi connectivity index (χ4v) is 1.87. The third-order valence-electron chi connectivity index (χ3n) is 3.26. The van der Waals surface area contributed by atoms with Crippen molar-refractivity contribution in [1.82, 2.24) is 0 Å². The van der Waals surface area contributed by atoms with Crippen LogP contribution in [0, 0.1) is 0 Å². The predicted molar refractivity (Wildman–Crippen MR) is 78.8 cm³/mol. The summed E-state index contributed by atoms with van der Waals surface area (Å²) in [4.78, 5) is 33.6. The van der Waals surface area contributed by atoms with E-state index in [9.17, 15) is 14.4 Å². The van der Waals surface area contributed by atoms with Gasteiger partial charge in [-0.25, -0.2) is 0 Å². The van der Waals surface area contributed by atoms with E-state index in [0.717, 1.165) is 32.1 Å². The highest BCUT2D eigenvalue weighted by molar-refractivity contribution is 5.87. The van der Waals surface area contributed by atoms with E-state index in [0.29, 0.717) is 6.42 Å². The second kappa shape index (κ2) is 11.3. The van der Waals surface area contributed by atoms with Crippen LogP contribution in [0.4, 0.5) is 0 Å². The lowest BCUT2D eigenvalue weighted by molar-refractivity contribution is -0.150. The second-order valence-corrected chi connectivity index (χ2v) is 5.25. The Hall–Kier alpha value is -1.43. The number of carboxylic acid groups (broad SMARTS) is 1. The van der Waals surface area contributed by atoms with Crippen LogP contribution in [-0.2, 0) is 19.1 Å². The largest absolute Gasteiger partial charge is 0.481 e. The number of hydrogen-bond acceptors (Lipinski definition) is 5. The van der Waals surface area contributed by atoms with E-state index < -0.39 is 23.9 Å². The number of Topliss-reactive ketones (excluding diaryl/α,β-unsaturated/α-hetero) is 1. The van der Waals surface area contributed by atoms with Crippen LogP contribution in [0.2, 0.25) is 0 Å². The molecule has 0 aliphatic heterocycles. The molecule has 6 heteroatoms. The Labute approximate surface area is 126 Å². The Morgan fingerprint density at radius 3 is 2.24 bits per heavy atom. The summed E-state index contributed by atoms with van der Waals surface area (Å²) in [6.45, 7) is 3.68. The molecule has 0 aromatic rings. The van der Waals surface area contributed by atoms with Crippen molar-refractivity contribution >= 4 is 17.7 Å². The Kier molecular flexibility index (Phi) is 10.5. The number of carboxylic acids is 1. The maximum Gasteiger partial charge on any atom is 0.306 e. The van der Waals surface area contributed by atoms with Crippen molar-refractivity contribution in [2.24, 2.45) is 5.73 Å². The molecular formula is C15H27NO5. The number of nitrogens with two attached hydrogens (primary N) is 1. The molecule has 21 heavy (non-hydrogen) atoms. The number of ether oxygens (including phenoxy) is 1. The van der Waals surface area contributed by atoms with E-state index in [2.05, 4.69) is 6.92 Å². The van der Waals surface area contributed by atoms with Gasteiger partial charge in [0.05, 0.1) is 6.42 Å². The summed E-state index contributed by atoms with van der Waals surface area (Å²) in [6.07, 6.45) is 4.36. The molecule has 0 saturated heterocycles. The molecule has 0 amide bonds. The summed E-state index contributed by atoms with van der Waals surface area (Å²) >= 11 is 0. The minimum atomic E-state index is -1.05. The number of esters is 1. The van der Waals surface area contributed by atoms with Gasteiger partial charge in [-0.2, -0.15) is 0 Å². The molecule has 0 aliphatic rings. The highest BCUT2D eigenvalue weighted by atomic mass is 16.5. The molecule has 2 atom stereocenters. The maximum absolute atomic E-state index is 11.6. The normalized spacial score (nSPS) is 13.5. The minimum absolute atomic E-state index is 0.143. The second-order valence-electron chi connectivity index (χ2n) is 5.25. The summed E-state index contributed by atoms with van der Waals surface area (Å²) in [5.74, 6) is -1.81. The molecule has 122 valence electrons. The van der Waals surface area contributed by atoms with E-state index in [1.54, 1.807) is 6.92 Å². The highest BCUT2D eigenvalue weighted by Crippen LogP contribution is 2.08. The van der Waals surface area contributed by atoms with Gasteiger partial charge in [-0.15, -0.1) is 0 Å². The fraction of sp³-hybridized carbons (Fsp3) is 0.800. The van der Waals surface area contributed by atoms with Gasteiger partial charge in [0.15, 0.2) is 5.78 Å². The van der Waals surface area contributed by atoms with Gasteiger partial charge in [0.1, 0.15) is 12.1 Å². The minimum Gasteiger partial charge on any atom is -0.481 e. The summed E-state index contributed by atoms with van der Waals surface area (Å²) in [6, 6.07) is -0.964. The summed E-state index contributed by atoms with van der Waals surface area (Å²) in [7, 11) is 0. The van der Waals surface area contributed by atoms with Gasteiger partial charge in [-0.05, 0) is 13.3 Å². The highest BCUT2D eigenvalue weighted by Gasteiger charge is 2.24. The zero-order chi connectivity index (χ0) is 16.3. The summed E-state index contributed by atoms with van der Waals surface area (Å²) in [5.41, 5.74) is 5.67. The number of carbonyl (C=O) groups excluding carboxylic acids is 2. The van der Waals surface area contributed by atoms with Crippen LogP contribution in [0.1, 0.15) is 65.2 Å². The van der Waals surface area contributed by atoms with Crippen LogP contribution >= 0.6 is 0 Å². The lowest BCUT2D eigenvalue weighted by atomic mass is 10.0. The molecule has 0 radical (unpaired) electrons. The topological polar surface area (TPSA) is 107 Å². The smallest absolute Gasteiger partial charge is 0.306 e. The molecule has 6 nitrogen and oxygen atoms in total. The van der Waals surface area contributed by atoms with E-state index in [1.807, 2.05) is 0 Å². The van der Waals surface area contributed by atoms with Gasteiger partial charge in [0.2, 0.25) is 0 Å². The first-order chi connectivity index (χ1) is 9.88. The van der Waals surface area contributed by atoms with Crippen molar-refractivity contribution in [1.29, 1.82) is 0 Å². The van der Waals surface area contributed by atoms with Gasteiger partial charge in [-0.3, -0.25) is 14.4 Å². The monoisotopic (exact) mass is 301 g/mol. The quantitative estimate of drug-likeness (QED) is 0.422. The molecule has 0 saturated carbocycles. The van der Waals surface area contributed by atoms with Crippen molar-refractivity contribution < 1.29 is 24.2 Å². The van der Waals surface area contributed by atoms with E-state index in [4.69, 9.17) is 15.6 Å². The molecule has 3 N–H and O–H groups in total. The van der Waals surface area contributed by atoms with Gasteiger partial charge in [0.25, 0.3) is 0 Å². The molecule has 0 aromatic carbocycles. The summed E-state index contributed by atoms with van der Waals surface area (Å²) in [5, 5.41) is 8.51. The van der Waals surface area contributed by atoms with E-state index in [-0.39, 0.29) is 18.8 Å². The molecule has 0 aromatic heterocycles. The molecular weight excluding hydrogens is 274 g/mol. The van der Waals surface area contributed by atoms with Crippen molar-refractivity contribution in [2.45, 2.75) is 77.4 Å². The fourth-order valence-electron chi connectivity index (χ4n) is 1.87. The molecule has 0 aliphatic carbocycles. The van der Waals surface area contributed by atoms with Crippen LogP contribution < -0.4 is 5.73 Å². The zero-order valence-corrected chi connectivity index (χ0v) is 13.0. The van der Waals surface area contributed by atoms with Crippen LogP contribution in [0.15, 0.2) is 0 Å². The number of aliphatic carboxylic acids is 1. The predicted octanol–water partition coefficient (Wildman–Crippen LogP) is 2.04. The van der Waals surface area contributed by atoms with Crippen LogP contribution in [0.5, 0.6) is 0 Å². The van der Waals surface area contributed by atoms with Gasteiger partial charge < -0.3 is 15.6 Å². The number of carbonyl (C=O) groups is 3. The lowest BCUT2D eigenvalue weighted by Gasteiger charge is -2.19. The van der Waals surface area contributed by atoms with Crippen molar-refractivity contribution in [3.8, 4) is 0 Å². The van der Waals surface area contributed by atoms with Crippen LogP contribution in [0.3, 0.4) is 0 Å². The molecule has 0 spiro atoms. The standard InChI is InChI=1S/C15H27NO5/c1-3-4-5-6-7-8-14(20)21-11(2)15(16)12(17)9-10-13(18)19/h11,15H,3-10,16H2,1-2H3,(H,18,19). The Morgan fingerprint density at radius 2 is 1.67 bits per heavy atom. The molecule has 0 heterocycles. The number of ketones is 1. The molecule has 0 bridgehead atoms. The maximum atomic E-state index is 11.6. The number of unbranched alkanes of at least 4 members (excludes halogenated alkanes) is 4. The van der Waals surface area contributed by atoms with Crippen LogP contribution in [0.25, 0.3) is 0 Å². The van der Waals surface area contributed by atoms with Gasteiger partial charge in [0, 0.05) is 12.8 Å². The van der Waals surface area contributed by atoms with Gasteiger partial charge in [-0.1, -0.05) is 32.6 Å². The Balaban J connectivity index is 3.93. The Bertz CT molecular complexity index is 343. The number of rotatable bonds is 12. The van der Waals surface area contributed by atoms with Crippen molar-refractivity contribution in [2.75, 3.05) is 0 Å². The lowest BCUT2D eigenvalue weighted by Crippen LogP contribution is -2.42. The average molecular weight is 301 g/mol. The third kappa shape index (κ3) is 10.0. The van der Waals surface area contributed by atoms with E-state index >= 15 is 0 Å². The summed E-state index contributed by atoms with van der Waals surface area (Å²) < 4.78 is 5.11. The van der Waals surface area contributed by atoms with Crippen molar-refractivity contribution in [3.05, 3.63) is 0 Å². The van der Waals surface area contributed by atoms with Crippen molar-refractivity contribution in [3.63, 3.8) is 0 Å².